The number of carbonyl (C=O) groups excluding carboxylic acids is 2. The summed E-state index contributed by atoms with van der Waals surface area (Å²) in [5.41, 5.74) is 0.523. The molecule has 1 aromatic heterocycles. The van der Waals surface area contributed by atoms with Crippen molar-refractivity contribution in [3.63, 3.8) is 0 Å². The quantitative estimate of drug-likeness (QED) is 0.848. The molecule has 1 unspecified atom stereocenters. The van der Waals surface area contributed by atoms with E-state index in [-0.39, 0.29) is 11.8 Å². The molecule has 1 aliphatic heterocycles. The highest BCUT2D eigenvalue weighted by molar-refractivity contribution is 5.93. The monoisotopic (exact) mass is 287 g/mol. The summed E-state index contributed by atoms with van der Waals surface area (Å²) in [7, 11) is 0. The van der Waals surface area contributed by atoms with Gasteiger partial charge in [-0.3, -0.25) is 9.59 Å². The summed E-state index contributed by atoms with van der Waals surface area (Å²) >= 11 is 0. The largest absolute Gasteiger partial charge is 0.337 e. The number of Topliss-reactive ketones (excluding diaryl/α,β-unsaturated/α-hetero) is 1. The Kier molecular flexibility index (Phi) is 2.75. The summed E-state index contributed by atoms with van der Waals surface area (Å²) in [6.45, 7) is 5.60. The van der Waals surface area contributed by atoms with Crippen LogP contribution >= 0.6 is 0 Å². The SMILES string of the molecule is CC(C)n1cnc(C(=O)N2C[C@@H]3C(C(=O)C4CC4)[C@@H]3C2)c1. The third-order valence-electron chi connectivity index (χ3n) is 5.21. The zero-order chi connectivity index (χ0) is 14.7. The van der Waals surface area contributed by atoms with E-state index in [0.29, 0.717) is 35.3 Å². The fraction of sp³-hybridized carbons (Fsp3) is 0.688. The van der Waals surface area contributed by atoms with Crippen molar-refractivity contribution in [2.45, 2.75) is 32.7 Å². The molecule has 0 bridgehead atoms. The molecule has 112 valence electrons. The van der Waals surface area contributed by atoms with Crippen molar-refractivity contribution in [2.24, 2.45) is 23.7 Å². The minimum atomic E-state index is 0.0132. The molecule has 1 amide bonds. The second-order valence-corrected chi connectivity index (χ2v) is 7.04. The van der Waals surface area contributed by atoms with E-state index in [1.807, 2.05) is 15.7 Å². The van der Waals surface area contributed by atoms with E-state index in [9.17, 15) is 9.59 Å². The second kappa shape index (κ2) is 4.42. The number of ketones is 1. The van der Waals surface area contributed by atoms with Crippen LogP contribution in [0.2, 0.25) is 0 Å². The fourth-order valence-corrected chi connectivity index (χ4v) is 3.65. The number of rotatable bonds is 4. The van der Waals surface area contributed by atoms with Crippen molar-refractivity contribution in [1.29, 1.82) is 0 Å². The summed E-state index contributed by atoms with van der Waals surface area (Å²) in [5.74, 6) is 1.95. The summed E-state index contributed by atoms with van der Waals surface area (Å²) < 4.78 is 1.95. The smallest absolute Gasteiger partial charge is 0.274 e. The molecule has 0 N–H and O–H groups in total. The summed E-state index contributed by atoms with van der Waals surface area (Å²) in [4.78, 5) is 30.6. The van der Waals surface area contributed by atoms with Crippen LogP contribution in [0.25, 0.3) is 0 Å². The number of aromatic nitrogens is 2. The standard InChI is InChI=1S/C16H21N3O2/c1-9(2)19-7-13(17-8-19)16(21)18-5-11-12(6-18)14(11)15(20)10-3-4-10/h7-12,14H,3-6H2,1-2H3/t11-,12+,14?. The van der Waals surface area contributed by atoms with Crippen LogP contribution in [-0.4, -0.2) is 39.2 Å². The first-order chi connectivity index (χ1) is 10.1. The molecule has 0 radical (unpaired) electrons. The fourth-order valence-electron chi connectivity index (χ4n) is 3.65. The van der Waals surface area contributed by atoms with Gasteiger partial charge in [-0.15, -0.1) is 0 Å². The molecule has 0 aromatic carbocycles. The topological polar surface area (TPSA) is 55.2 Å². The van der Waals surface area contributed by atoms with Crippen LogP contribution in [0.1, 0.15) is 43.2 Å². The maximum absolute atomic E-state index is 12.4. The number of fused-ring (bicyclic) bond motifs is 1. The molecule has 0 spiro atoms. The minimum absolute atomic E-state index is 0.0132. The first-order valence-electron chi connectivity index (χ1n) is 7.92. The van der Waals surface area contributed by atoms with Crippen LogP contribution in [0.4, 0.5) is 0 Å². The van der Waals surface area contributed by atoms with E-state index in [2.05, 4.69) is 18.8 Å². The van der Waals surface area contributed by atoms with Crippen molar-refractivity contribution >= 4 is 11.7 Å². The van der Waals surface area contributed by atoms with Crippen LogP contribution in [0, 0.1) is 23.7 Å². The number of likely N-dealkylation sites (tertiary alicyclic amines) is 1. The van der Waals surface area contributed by atoms with Gasteiger partial charge in [-0.25, -0.2) is 4.98 Å². The Bertz CT molecular complexity index is 590. The maximum atomic E-state index is 12.4. The summed E-state index contributed by atoms with van der Waals surface area (Å²) in [5, 5.41) is 0. The Morgan fingerprint density at radius 2 is 1.90 bits per heavy atom. The van der Waals surface area contributed by atoms with Gasteiger partial charge in [0.2, 0.25) is 0 Å². The van der Waals surface area contributed by atoms with E-state index in [1.165, 1.54) is 0 Å². The molecular weight excluding hydrogens is 266 g/mol. The van der Waals surface area contributed by atoms with Crippen molar-refractivity contribution in [3.05, 3.63) is 18.2 Å². The molecule has 3 fully saturated rings. The van der Waals surface area contributed by atoms with Gasteiger partial charge in [0.25, 0.3) is 5.91 Å². The third-order valence-corrected chi connectivity index (χ3v) is 5.21. The number of hydrogen-bond acceptors (Lipinski definition) is 3. The lowest BCUT2D eigenvalue weighted by Crippen LogP contribution is -2.33. The first-order valence-corrected chi connectivity index (χ1v) is 7.92. The number of piperidine rings is 1. The lowest BCUT2D eigenvalue weighted by Gasteiger charge is -2.18. The molecular formula is C16H21N3O2. The molecule has 5 heteroatoms. The molecule has 21 heavy (non-hydrogen) atoms. The number of hydrogen-bond donors (Lipinski definition) is 0. The maximum Gasteiger partial charge on any atom is 0.274 e. The Labute approximate surface area is 124 Å². The number of amides is 1. The van der Waals surface area contributed by atoms with Gasteiger partial charge < -0.3 is 9.47 Å². The predicted molar refractivity (Wildman–Crippen MR) is 76.7 cm³/mol. The lowest BCUT2D eigenvalue weighted by molar-refractivity contribution is -0.122. The number of imidazole rings is 1. The molecule has 1 saturated heterocycles. The molecule has 1 aromatic rings. The lowest BCUT2D eigenvalue weighted by atomic mass is 10.1. The van der Waals surface area contributed by atoms with Crippen LogP contribution in [0.15, 0.2) is 12.5 Å². The van der Waals surface area contributed by atoms with Gasteiger partial charge in [-0.05, 0) is 38.5 Å². The molecule has 5 nitrogen and oxygen atoms in total. The highest BCUT2D eigenvalue weighted by Crippen LogP contribution is 2.55. The van der Waals surface area contributed by atoms with Gasteiger partial charge in [-0.1, -0.05) is 0 Å². The van der Waals surface area contributed by atoms with E-state index < -0.39 is 0 Å². The Balaban J connectivity index is 1.38. The van der Waals surface area contributed by atoms with Crippen molar-refractivity contribution in [2.75, 3.05) is 13.1 Å². The molecule has 3 atom stereocenters. The van der Waals surface area contributed by atoms with E-state index in [1.54, 1.807) is 6.33 Å². The normalized spacial score (nSPS) is 30.6. The average Bonchev–Trinajstić information content (AvgIpc) is 3.32. The predicted octanol–water partition coefficient (Wildman–Crippen LogP) is 1.76. The third kappa shape index (κ3) is 2.10. The molecule has 3 aliphatic rings. The zero-order valence-electron chi connectivity index (χ0n) is 12.5. The highest BCUT2D eigenvalue weighted by Gasteiger charge is 2.61. The van der Waals surface area contributed by atoms with Crippen LogP contribution in [-0.2, 0) is 4.79 Å². The van der Waals surface area contributed by atoms with E-state index >= 15 is 0 Å². The van der Waals surface area contributed by atoms with Crippen LogP contribution in [0.5, 0.6) is 0 Å². The minimum Gasteiger partial charge on any atom is -0.337 e. The summed E-state index contributed by atoms with van der Waals surface area (Å²) in [6.07, 6.45) is 5.71. The second-order valence-electron chi connectivity index (χ2n) is 7.04. The van der Waals surface area contributed by atoms with Crippen molar-refractivity contribution < 1.29 is 9.59 Å². The number of carbonyl (C=O) groups is 2. The highest BCUT2D eigenvalue weighted by atomic mass is 16.2. The van der Waals surface area contributed by atoms with Crippen molar-refractivity contribution in [3.8, 4) is 0 Å². The summed E-state index contributed by atoms with van der Waals surface area (Å²) in [6, 6.07) is 0.312. The Morgan fingerprint density at radius 1 is 1.24 bits per heavy atom. The molecule has 4 rings (SSSR count). The molecule has 2 heterocycles. The zero-order valence-corrected chi connectivity index (χ0v) is 12.5. The molecule has 2 aliphatic carbocycles. The van der Waals surface area contributed by atoms with Gasteiger partial charge in [0, 0.05) is 37.2 Å². The van der Waals surface area contributed by atoms with Crippen LogP contribution in [0.3, 0.4) is 0 Å². The van der Waals surface area contributed by atoms with Crippen molar-refractivity contribution in [1.82, 2.24) is 14.5 Å². The van der Waals surface area contributed by atoms with Gasteiger partial charge in [0.1, 0.15) is 11.5 Å². The molecule has 2 saturated carbocycles. The van der Waals surface area contributed by atoms with Gasteiger partial charge in [-0.2, -0.15) is 0 Å². The number of nitrogens with zero attached hydrogens (tertiary/aromatic N) is 3. The Hall–Kier alpha value is -1.65. The van der Waals surface area contributed by atoms with E-state index in [4.69, 9.17) is 0 Å². The van der Waals surface area contributed by atoms with E-state index in [0.717, 1.165) is 25.9 Å². The average molecular weight is 287 g/mol. The van der Waals surface area contributed by atoms with Crippen LogP contribution < -0.4 is 0 Å². The first kappa shape index (κ1) is 13.0. The van der Waals surface area contributed by atoms with Gasteiger partial charge in [0.05, 0.1) is 6.33 Å². The Morgan fingerprint density at radius 3 is 2.43 bits per heavy atom. The van der Waals surface area contributed by atoms with Gasteiger partial charge in [0.15, 0.2) is 0 Å². The van der Waals surface area contributed by atoms with Gasteiger partial charge >= 0.3 is 0 Å².